The Labute approximate surface area is 258 Å². The van der Waals surface area contributed by atoms with Crippen LogP contribution in [-0.2, 0) is 30.2 Å². The molecule has 10 heteroatoms. The zero-order chi connectivity index (χ0) is 31.7. The summed E-state index contributed by atoms with van der Waals surface area (Å²) in [7, 11) is 0. The van der Waals surface area contributed by atoms with E-state index in [1.807, 2.05) is 30.3 Å². The van der Waals surface area contributed by atoms with Gasteiger partial charge in [0.25, 0.3) is 0 Å². The minimum atomic E-state index is -4.50. The second-order valence-corrected chi connectivity index (χ2v) is 11.1. The fraction of sp³-hybridized carbons (Fsp3) is 0.265. The van der Waals surface area contributed by atoms with Crippen LogP contribution in [-0.4, -0.2) is 34.5 Å². The molecule has 0 aliphatic carbocycles. The monoisotopic (exact) mass is 622 g/mol. The molecule has 0 saturated heterocycles. The van der Waals surface area contributed by atoms with E-state index < -0.39 is 29.5 Å². The highest BCUT2D eigenvalue weighted by Gasteiger charge is 2.30. The van der Waals surface area contributed by atoms with Crippen LogP contribution in [0.4, 0.5) is 13.2 Å². The third kappa shape index (κ3) is 8.79. The topological polar surface area (TPSA) is 88.5 Å². The summed E-state index contributed by atoms with van der Waals surface area (Å²) in [6.45, 7) is 4.31. The number of ether oxygens (including phenoxy) is 1. The normalized spacial score (nSPS) is 12.5. The molecule has 0 radical (unpaired) electrons. The zero-order valence-electron chi connectivity index (χ0n) is 24.4. The Morgan fingerprint density at radius 1 is 1.00 bits per heavy atom. The van der Waals surface area contributed by atoms with E-state index in [-0.39, 0.29) is 12.0 Å². The molecular formula is C34H33F3N2O4S. The number of aromatic nitrogens is 1. The Kier molecular flexibility index (Phi) is 10.9. The molecule has 0 aliphatic heterocycles. The molecule has 2 N–H and O–H groups in total. The standard InChI is InChI=1S/C34H33F3N2O4S/c1-3-26(21-30(40)23-12-14-25(15-13-23)34(35,36)37)38-29(33(41)42)20-22-10-16-27(17-11-22)43-19-18-28-31(4-2)44-32(39-28)24-8-6-5-7-9-24/h5-17,21,29,38H,3-4,18-20H2,1-2H3,(H,41,42)/b26-21+/t29-/m0/s1. The number of carboxylic acid groups (broad SMARTS) is 1. The summed E-state index contributed by atoms with van der Waals surface area (Å²) in [5, 5.41) is 13.7. The number of halogens is 3. The summed E-state index contributed by atoms with van der Waals surface area (Å²) in [6, 6.07) is 20.1. The van der Waals surface area contributed by atoms with Gasteiger partial charge >= 0.3 is 12.1 Å². The number of hydrogen-bond donors (Lipinski definition) is 2. The third-order valence-corrected chi connectivity index (χ3v) is 8.22. The van der Waals surface area contributed by atoms with Crippen LogP contribution < -0.4 is 10.1 Å². The number of carbonyl (C=O) groups is 2. The highest BCUT2D eigenvalue weighted by atomic mass is 32.1. The van der Waals surface area contributed by atoms with E-state index in [9.17, 15) is 27.9 Å². The summed E-state index contributed by atoms with van der Waals surface area (Å²) in [5.41, 5.74) is 2.46. The molecule has 0 unspecified atom stereocenters. The Morgan fingerprint density at radius 3 is 2.27 bits per heavy atom. The molecule has 4 rings (SSSR count). The van der Waals surface area contributed by atoms with Crippen LogP contribution in [0.5, 0.6) is 5.75 Å². The number of nitrogens with zero attached hydrogens (tertiary/aromatic N) is 1. The molecule has 44 heavy (non-hydrogen) atoms. The van der Waals surface area contributed by atoms with Crippen molar-refractivity contribution in [2.45, 2.75) is 51.7 Å². The molecule has 3 aromatic carbocycles. The number of benzene rings is 3. The molecule has 0 aliphatic rings. The van der Waals surface area contributed by atoms with Gasteiger partial charge in [-0.3, -0.25) is 4.79 Å². The van der Waals surface area contributed by atoms with Crippen molar-refractivity contribution in [3.8, 4) is 16.3 Å². The van der Waals surface area contributed by atoms with Crippen molar-refractivity contribution >= 4 is 23.1 Å². The molecule has 0 fully saturated rings. The van der Waals surface area contributed by atoms with Crippen LogP contribution >= 0.6 is 11.3 Å². The van der Waals surface area contributed by atoms with Crippen molar-refractivity contribution in [1.29, 1.82) is 0 Å². The first-order chi connectivity index (χ1) is 21.1. The van der Waals surface area contributed by atoms with Crippen molar-refractivity contribution in [1.82, 2.24) is 10.3 Å². The number of carbonyl (C=O) groups excluding carboxylic acids is 1. The Bertz CT molecular complexity index is 1580. The molecule has 230 valence electrons. The average molecular weight is 623 g/mol. The minimum Gasteiger partial charge on any atom is -0.493 e. The van der Waals surface area contributed by atoms with E-state index in [1.165, 1.54) is 11.0 Å². The lowest BCUT2D eigenvalue weighted by Crippen LogP contribution is -2.38. The van der Waals surface area contributed by atoms with Gasteiger partial charge in [0.05, 0.1) is 17.9 Å². The van der Waals surface area contributed by atoms with Gasteiger partial charge < -0.3 is 15.2 Å². The van der Waals surface area contributed by atoms with Gasteiger partial charge in [-0.05, 0) is 42.7 Å². The molecule has 6 nitrogen and oxygen atoms in total. The second-order valence-electron chi connectivity index (χ2n) is 10.1. The molecule has 4 aromatic rings. The van der Waals surface area contributed by atoms with Gasteiger partial charge in [0, 0.05) is 40.6 Å². The number of nitrogens with one attached hydrogen (secondary N) is 1. The van der Waals surface area contributed by atoms with Crippen molar-refractivity contribution in [2.24, 2.45) is 0 Å². The van der Waals surface area contributed by atoms with Crippen LogP contribution in [0.3, 0.4) is 0 Å². The fourth-order valence-electron chi connectivity index (χ4n) is 4.52. The molecule has 1 heterocycles. The predicted octanol–water partition coefficient (Wildman–Crippen LogP) is 7.77. The summed E-state index contributed by atoms with van der Waals surface area (Å²) in [5.74, 6) is -0.966. The summed E-state index contributed by atoms with van der Waals surface area (Å²) in [4.78, 5) is 30.7. The summed E-state index contributed by atoms with van der Waals surface area (Å²) >= 11 is 1.70. The van der Waals surface area contributed by atoms with Crippen LogP contribution in [0.2, 0.25) is 0 Å². The molecule has 0 bridgehead atoms. The van der Waals surface area contributed by atoms with Gasteiger partial charge in [0.1, 0.15) is 16.8 Å². The van der Waals surface area contributed by atoms with Crippen molar-refractivity contribution in [2.75, 3.05) is 6.61 Å². The minimum absolute atomic E-state index is 0.0746. The number of hydrogen-bond acceptors (Lipinski definition) is 6. The maximum atomic E-state index is 12.8. The summed E-state index contributed by atoms with van der Waals surface area (Å²) < 4.78 is 44.4. The number of carboxylic acids is 1. The van der Waals surface area contributed by atoms with Gasteiger partial charge in [0.2, 0.25) is 0 Å². The Morgan fingerprint density at radius 2 is 1.68 bits per heavy atom. The second kappa shape index (κ2) is 14.8. The molecule has 1 atom stereocenters. The van der Waals surface area contributed by atoms with E-state index in [0.29, 0.717) is 30.9 Å². The van der Waals surface area contributed by atoms with Crippen molar-refractivity contribution < 1.29 is 32.6 Å². The van der Waals surface area contributed by atoms with Crippen LogP contribution in [0, 0.1) is 0 Å². The maximum Gasteiger partial charge on any atom is 0.416 e. The first-order valence-corrected chi connectivity index (χ1v) is 15.1. The predicted molar refractivity (Wildman–Crippen MR) is 165 cm³/mol. The van der Waals surface area contributed by atoms with Gasteiger partial charge in [0.15, 0.2) is 5.78 Å². The number of aliphatic carboxylic acids is 1. The molecule has 0 spiro atoms. The number of allylic oxidation sites excluding steroid dienone is 2. The highest BCUT2D eigenvalue weighted by molar-refractivity contribution is 7.15. The van der Waals surface area contributed by atoms with Gasteiger partial charge in [-0.1, -0.05) is 68.4 Å². The number of thiazole rings is 1. The SMILES string of the molecule is CC/C(=C\C(=O)c1ccc(C(F)(F)F)cc1)N[C@@H](Cc1ccc(OCCc2nc(-c3ccccc3)sc2CC)cc1)C(=O)O. The Balaban J connectivity index is 1.34. The first-order valence-electron chi connectivity index (χ1n) is 14.2. The number of ketones is 1. The maximum absolute atomic E-state index is 12.8. The third-order valence-electron chi connectivity index (χ3n) is 6.93. The van der Waals surface area contributed by atoms with Gasteiger partial charge in [-0.15, -0.1) is 11.3 Å². The lowest BCUT2D eigenvalue weighted by atomic mass is 10.0. The van der Waals surface area contributed by atoms with Crippen LogP contribution in [0.1, 0.15) is 52.3 Å². The zero-order valence-corrected chi connectivity index (χ0v) is 25.2. The number of rotatable bonds is 14. The fourth-order valence-corrected chi connectivity index (χ4v) is 5.57. The van der Waals surface area contributed by atoms with Crippen LogP contribution in [0.15, 0.2) is 90.6 Å². The lowest BCUT2D eigenvalue weighted by molar-refractivity contribution is -0.139. The summed E-state index contributed by atoms with van der Waals surface area (Å²) in [6.07, 6.45) is -1.25. The number of aryl methyl sites for hydroxylation is 1. The van der Waals surface area contributed by atoms with E-state index in [0.717, 1.165) is 52.5 Å². The quantitative estimate of drug-likeness (QED) is 0.110. The van der Waals surface area contributed by atoms with E-state index in [2.05, 4.69) is 12.2 Å². The largest absolute Gasteiger partial charge is 0.493 e. The van der Waals surface area contributed by atoms with Crippen molar-refractivity contribution in [3.63, 3.8) is 0 Å². The molecule has 1 aromatic heterocycles. The van der Waals surface area contributed by atoms with Crippen LogP contribution in [0.25, 0.3) is 10.6 Å². The number of alkyl halides is 3. The first kappa shape index (κ1) is 32.5. The van der Waals surface area contributed by atoms with Gasteiger partial charge in [-0.25, -0.2) is 9.78 Å². The van der Waals surface area contributed by atoms with E-state index in [4.69, 9.17) is 9.72 Å². The molecule has 0 amide bonds. The highest BCUT2D eigenvalue weighted by Crippen LogP contribution is 2.30. The molecule has 0 saturated carbocycles. The van der Waals surface area contributed by atoms with Crippen molar-refractivity contribution in [3.05, 3.63) is 118 Å². The van der Waals surface area contributed by atoms with E-state index in [1.54, 1.807) is 42.5 Å². The molecular weight excluding hydrogens is 589 g/mol. The smallest absolute Gasteiger partial charge is 0.416 e. The average Bonchev–Trinajstić information content (AvgIpc) is 3.44. The van der Waals surface area contributed by atoms with E-state index >= 15 is 0 Å². The lowest BCUT2D eigenvalue weighted by Gasteiger charge is -2.18. The van der Waals surface area contributed by atoms with Gasteiger partial charge in [-0.2, -0.15) is 13.2 Å². The Hall–Kier alpha value is -4.44.